The van der Waals surface area contributed by atoms with Gasteiger partial charge in [-0.15, -0.1) is 0 Å². The molecule has 1 aromatic carbocycles. The highest BCUT2D eigenvalue weighted by atomic mass is 32.1. The quantitative estimate of drug-likeness (QED) is 0.817. The molecular formula is C18H26N4OS. The lowest BCUT2D eigenvalue weighted by molar-refractivity contribution is 0.136. The van der Waals surface area contributed by atoms with Gasteiger partial charge in [-0.3, -0.25) is 4.90 Å². The van der Waals surface area contributed by atoms with Crippen molar-refractivity contribution in [3.8, 4) is 0 Å². The standard InChI is InChI=1S/C18H26N4OS/c1-20-17(13-23)19-22(18(20)24)14-21-11-9-16(10-12-21)8-7-15-5-3-2-4-6-15/h2-6,16,23H,7-14H2,1H3. The number of piperidine rings is 1. The molecular weight excluding hydrogens is 320 g/mol. The minimum absolute atomic E-state index is 0.0747. The van der Waals surface area contributed by atoms with Gasteiger partial charge in [0.05, 0.1) is 6.67 Å². The van der Waals surface area contributed by atoms with E-state index in [9.17, 15) is 5.11 Å². The summed E-state index contributed by atoms with van der Waals surface area (Å²) in [6.07, 6.45) is 4.92. The zero-order chi connectivity index (χ0) is 16.9. The summed E-state index contributed by atoms with van der Waals surface area (Å²) in [6, 6.07) is 10.8. The number of aryl methyl sites for hydroxylation is 1. The van der Waals surface area contributed by atoms with Crippen LogP contribution in [0.1, 0.15) is 30.7 Å². The van der Waals surface area contributed by atoms with Gasteiger partial charge in [0.1, 0.15) is 6.61 Å². The van der Waals surface area contributed by atoms with Crippen LogP contribution in [0.2, 0.25) is 0 Å². The van der Waals surface area contributed by atoms with Crippen molar-refractivity contribution in [3.63, 3.8) is 0 Å². The Labute approximate surface area is 148 Å². The minimum Gasteiger partial charge on any atom is -0.388 e. The fraction of sp³-hybridized carbons (Fsp3) is 0.556. The Morgan fingerprint density at radius 3 is 2.54 bits per heavy atom. The Morgan fingerprint density at radius 2 is 1.92 bits per heavy atom. The molecule has 0 bridgehead atoms. The number of rotatable bonds is 6. The van der Waals surface area contributed by atoms with Gasteiger partial charge in [0.2, 0.25) is 0 Å². The van der Waals surface area contributed by atoms with Crippen LogP contribution in [0.4, 0.5) is 0 Å². The topological polar surface area (TPSA) is 46.2 Å². The number of aliphatic hydroxyl groups excluding tert-OH is 1. The molecule has 0 radical (unpaired) electrons. The van der Waals surface area contributed by atoms with Gasteiger partial charge < -0.3 is 9.67 Å². The Kier molecular flexibility index (Phi) is 5.81. The molecule has 1 aromatic heterocycles. The number of aromatic nitrogens is 3. The molecule has 1 saturated heterocycles. The van der Waals surface area contributed by atoms with E-state index in [-0.39, 0.29) is 6.61 Å². The number of aliphatic hydroxyl groups is 1. The smallest absolute Gasteiger partial charge is 0.198 e. The average molecular weight is 347 g/mol. The summed E-state index contributed by atoms with van der Waals surface area (Å²) in [5, 5.41) is 13.7. The zero-order valence-electron chi connectivity index (χ0n) is 14.3. The maximum Gasteiger partial charge on any atom is 0.198 e. The third-order valence-corrected chi connectivity index (χ3v) is 5.48. The third kappa shape index (κ3) is 4.12. The fourth-order valence-electron chi connectivity index (χ4n) is 3.38. The van der Waals surface area contributed by atoms with Crippen LogP contribution in [0.15, 0.2) is 30.3 Å². The largest absolute Gasteiger partial charge is 0.388 e. The number of hydrogen-bond donors (Lipinski definition) is 1. The van der Waals surface area contributed by atoms with Gasteiger partial charge >= 0.3 is 0 Å². The highest BCUT2D eigenvalue weighted by molar-refractivity contribution is 7.71. The van der Waals surface area contributed by atoms with Crippen LogP contribution < -0.4 is 0 Å². The second-order valence-corrected chi connectivity index (χ2v) is 7.01. The lowest BCUT2D eigenvalue weighted by Gasteiger charge is -2.31. The summed E-state index contributed by atoms with van der Waals surface area (Å²) >= 11 is 5.39. The van der Waals surface area contributed by atoms with Crippen molar-refractivity contribution < 1.29 is 5.11 Å². The Bertz CT molecular complexity index is 702. The van der Waals surface area contributed by atoms with Crippen LogP contribution in [0, 0.1) is 10.7 Å². The first-order chi connectivity index (χ1) is 11.7. The van der Waals surface area contributed by atoms with Gasteiger partial charge in [-0.05, 0) is 49.4 Å². The van der Waals surface area contributed by atoms with Crippen LogP contribution in [-0.2, 0) is 26.7 Å². The molecule has 1 fully saturated rings. The summed E-state index contributed by atoms with van der Waals surface area (Å²) in [5.74, 6) is 1.43. The molecule has 3 rings (SSSR count). The molecule has 0 spiro atoms. The van der Waals surface area contributed by atoms with E-state index < -0.39 is 0 Å². The van der Waals surface area contributed by atoms with Gasteiger partial charge in [-0.25, -0.2) is 4.68 Å². The minimum atomic E-state index is -0.0747. The summed E-state index contributed by atoms with van der Waals surface area (Å²) in [4.78, 5) is 2.41. The summed E-state index contributed by atoms with van der Waals surface area (Å²) in [6.45, 7) is 2.82. The van der Waals surface area contributed by atoms with Crippen molar-refractivity contribution in [3.05, 3.63) is 46.5 Å². The van der Waals surface area contributed by atoms with E-state index >= 15 is 0 Å². The van der Waals surface area contributed by atoms with Crippen LogP contribution in [-0.4, -0.2) is 37.4 Å². The van der Waals surface area contributed by atoms with E-state index in [0.29, 0.717) is 10.6 Å². The molecule has 1 aliphatic rings. The normalized spacial score (nSPS) is 16.6. The molecule has 1 aliphatic heterocycles. The van der Waals surface area contributed by atoms with Crippen molar-refractivity contribution in [1.29, 1.82) is 0 Å². The number of benzene rings is 1. The number of nitrogens with zero attached hydrogens (tertiary/aromatic N) is 4. The Morgan fingerprint density at radius 1 is 1.21 bits per heavy atom. The van der Waals surface area contributed by atoms with E-state index in [0.717, 1.165) is 25.7 Å². The molecule has 130 valence electrons. The molecule has 5 nitrogen and oxygen atoms in total. The third-order valence-electron chi connectivity index (χ3n) is 5.00. The van der Waals surface area contributed by atoms with E-state index in [1.165, 1.54) is 31.2 Å². The molecule has 0 atom stereocenters. The van der Waals surface area contributed by atoms with Gasteiger partial charge in [0, 0.05) is 20.1 Å². The predicted molar refractivity (Wildman–Crippen MR) is 97.0 cm³/mol. The van der Waals surface area contributed by atoms with Crippen molar-refractivity contribution >= 4 is 12.2 Å². The molecule has 0 aliphatic carbocycles. The predicted octanol–water partition coefficient (Wildman–Crippen LogP) is 2.75. The first kappa shape index (κ1) is 17.3. The van der Waals surface area contributed by atoms with Gasteiger partial charge in [0.25, 0.3) is 0 Å². The fourth-order valence-corrected chi connectivity index (χ4v) is 3.59. The molecule has 0 amide bonds. The van der Waals surface area contributed by atoms with Crippen LogP contribution in [0.5, 0.6) is 0 Å². The second-order valence-electron chi connectivity index (χ2n) is 6.64. The first-order valence-electron chi connectivity index (χ1n) is 8.67. The average Bonchev–Trinajstić information content (AvgIpc) is 2.90. The molecule has 0 saturated carbocycles. The second kappa shape index (κ2) is 8.05. The van der Waals surface area contributed by atoms with Crippen LogP contribution in [0.3, 0.4) is 0 Å². The van der Waals surface area contributed by atoms with E-state index in [2.05, 4.69) is 40.3 Å². The monoisotopic (exact) mass is 346 g/mol. The van der Waals surface area contributed by atoms with Crippen LogP contribution in [0.25, 0.3) is 0 Å². The highest BCUT2D eigenvalue weighted by Crippen LogP contribution is 2.22. The maximum absolute atomic E-state index is 9.29. The maximum atomic E-state index is 9.29. The van der Waals surface area contributed by atoms with Gasteiger partial charge in [-0.1, -0.05) is 30.3 Å². The lowest BCUT2D eigenvalue weighted by Crippen LogP contribution is -2.35. The number of hydrogen-bond acceptors (Lipinski definition) is 4. The summed E-state index contributed by atoms with van der Waals surface area (Å²) in [5.41, 5.74) is 1.44. The molecule has 1 N–H and O–H groups in total. The molecule has 24 heavy (non-hydrogen) atoms. The molecule has 2 aromatic rings. The zero-order valence-corrected chi connectivity index (χ0v) is 15.1. The van der Waals surface area contributed by atoms with Crippen molar-refractivity contribution in [2.75, 3.05) is 13.1 Å². The van der Waals surface area contributed by atoms with E-state index in [1.54, 1.807) is 4.57 Å². The van der Waals surface area contributed by atoms with Gasteiger partial charge in [0.15, 0.2) is 10.6 Å². The molecule has 0 unspecified atom stereocenters. The van der Waals surface area contributed by atoms with E-state index in [4.69, 9.17) is 12.2 Å². The Balaban J connectivity index is 1.48. The number of likely N-dealkylation sites (tertiary alicyclic amines) is 1. The molecule has 2 heterocycles. The summed E-state index contributed by atoms with van der Waals surface area (Å²) in [7, 11) is 1.85. The van der Waals surface area contributed by atoms with Crippen molar-refractivity contribution in [2.24, 2.45) is 13.0 Å². The Hall–Kier alpha value is -1.50. The highest BCUT2D eigenvalue weighted by Gasteiger charge is 2.20. The van der Waals surface area contributed by atoms with E-state index in [1.807, 2.05) is 11.7 Å². The lowest BCUT2D eigenvalue weighted by atomic mass is 9.91. The van der Waals surface area contributed by atoms with Crippen LogP contribution >= 0.6 is 12.2 Å². The van der Waals surface area contributed by atoms with Gasteiger partial charge in [-0.2, -0.15) is 5.10 Å². The first-order valence-corrected chi connectivity index (χ1v) is 9.08. The van der Waals surface area contributed by atoms with Crippen molar-refractivity contribution in [2.45, 2.75) is 39.0 Å². The van der Waals surface area contributed by atoms with Crippen molar-refractivity contribution in [1.82, 2.24) is 19.2 Å². The summed E-state index contributed by atoms with van der Waals surface area (Å²) < 4.78 is 4.28. The SMILES string of the molecule is Cn1c(CO)nn(CN2CCC(CCc3ccccc3)CC2)c1=S. The molecule has 6 heteroatoms.